The van der Waals surface area contributed by atoms with Crippen LogP contribution in [0.5, 0.6) is 5.75 Å². The molecule has 36 heavy (non-hydrogen) atoms. The maximum Gasteiger partial charge on any atom is 0.243 e. The van der Waals surface area contributed by atoms with E-state index in [1.54, 1.807) is 33.1 Å². The van der Waals surface area contributed by atoms with E-state index in [1.165, 1.54) is 43.7 Å². The van der Waals surface area contributed by atoms with Crippen LogP contribution < -0.4 is 15.4 Å². The minimum atomic E-state index is -3.73. The van der Waals surface area contributed by atoms with Gasteiger partial charge in [0.25, 0.3) is 0 Å². The number of carbonyl (C=O) groups is 1. The summed E-state index contributed by atoms with van der Waals surface area (Å²) in [6.45, 7) is 6.87. The maximum atomic E-state index is 13.1. The zero-order valence-corrected chi connectivity index (χ0v) is 23.0. The number of aryl methyl sites for hydroxylation is 2. The number of rotatable bonds is 11. The Bertz CT molecular complexity index is 1100. The second-order valence-electron chi connectivity index (χ2n) is 9.75. The van der Waals surface area contributed by atoms with Gasteiger partial charge in [0.05, 0.1) is 12.0 Å². The Morgan fingerprint density at radius 2 is 1.67 bits per heavy atom. The van der Waals surface area contributed by atoms with Crippen molar-refractivity contribution in [3.63, 3.8) is 0 Å². The van der Waals surface area contributed by atoms with Crippen LogP contribution in [0.15, 0.2) is 41.3 Å². The van der Waals surface area contributed by atoms with Gasteiger partial charge in [-0.2, -0.15) is 0 Å². The van der Waals surface area contributed by atoms with E-state index in [0.29, 0.717) is 22.6 Å². The lowest BCUT2D eigenvalue weighted by molar-refractivity contribution is -0.116. The second kappa shape index (κ2) is 12.6. The van der Waals surface area contributed by atoms with Gasteiger partial charge in [-0.3, -0.25) is 4.79 Å². The van der Waals surface area contributed by atoms with E-state index in [0.717, 1.165) is 18.2 Å². The number of nitrogens with zero attached hydrogens (tertiary/aromatic N) is 2. The molecule has 8 nitrogen and oxygen atoms in total. The summed E-state index contributed by atoms with van der Waals surface area (Å²) >= 11 is 0. The number of methoxy groups -OCH3 is 1. The van der Waals surface area contributed by atoms with Gasteiger partial charge in [-0.15, -0.1) is 0 Å². The van der Waals surface area contributed by atoms with Gasteiger partial charge in [-0.25, -0.2) is 12.7 Å². The third-order valence-electron chi connectivity index (χ3n) is 6.88. The molecule has 1 saturated heterocycles. The molecule has 0 radical (unpaired) electrons. The van der Waals surface area contributed by atoms with Gasteiger partial charge in [-0.1, -0.05) is 0 Å². The third-order valence-corrected chi connectivity index (χ3v) is 9.04. The average Bonchev–Trinajstić information content (AvgIpc) is 2.84. The van der Waals surface area contributed by atoms with Crippen LogP contribution >= 0.6 is 0 Å². The molecule has 9 heteroatoms. The predicted molar refractivity (Wildman–Crippen MR) is 145 cm³/mol. The zero-order chi connectivity index (χ0) is 26.3. The van der Waals surface area contributed by atoms with E-state index in [2.05, 4.69) is 22.6 Å². The summed E-state index contributed by atoms with van der Waals surface area (Å²) in [5, 5.41) is 6.32. The number of amides is 1. The number of nitrogens with one attached hydrogen (secondary N) is 2. The first kappa shape index (κ1) is 28.0. The SMILES string of the molecule is COc1cc(C)c(S(=O)(=O)N(C)CCC(=O)Nc2ccc(NCCC3CCN(C)CC3)cc2)c(C)c1. The van der Waals surface area contributed by atoms with Gasteiger partial charge >= 0.3 is 0 Å². The van der Waals surface area contributed by atoms with Crippen molar-refractivity contribution in [3.8, 4) is 5.75 Å². The Labute approximate surface area is 216 Å². The number of carbonyl (C=O) groups excluding carboxylic acids is 1. The van der Waals surface area contributed by atoms with Crippen LogP contribution in [0, 0.1) is 19.8 Å². The molecule has 1 amide bonds. The molecule has 198 valence electrons. The smallest absolute Gasteiger partial charge is 0.243 e. The zero-order valence-electron chi connectivity index (χ0n) is 22.1. The molecule has 0 unspecified atom stereocenters. The van der Waals surface area contributed by atoms with Crippen molar-refractivity contribution in [2.75, 3.05) is 58.0 Å². The molecule has 1 aliphatic rings. The molecular weight excluding hydrogens is 476 g/mol. The van der Waals surface area contributed by atoms with Crippen molar-refractivity contribution >= 4 is 27.3 Å². The predicted octanol–water partition coefficient (Wildman–Crippen LogP) is 4.11. The van der Waals surface area contributed by atoms with E-state index < -0.39 is 10.0 Å². The van der Waals surface area contributed by atoms with E-state index in [9.17, 15) is 13.2 Å². The third kappa shape index (κ3) is 7.44. The number of hydrogen-bond donors (Lipinski definition) is 2. The molecule has 0 atom stereocenters. The fourth-order valence-corrected chi connectivity index (χ4v) is 6.21. The highest BCUT2D eigenvalue weighted by molar-refractivity contribution is 7.89. The molecular formula is C27H40N4O4S. The van der Waals surface area contributed by atoms with Gasteiger partial charge < -0.3 is 20.3 Å². The van der Waals surface area contributed by atoms with E-state index in [4.69, 9.17) is 4.74 Å². The molecule has 2 aromatic rings. The van der Waals surface area contributed by atoms with Crippen molar-refractivity contribution in [2.24, 2.45) is 5.92 Å². The minimum absolute atomic E-state index is 0.0561. The summed E-state index contributed by atoms with van der Waals surface area (Å²) in [5.41, 5.74) is 2.94. The minimum Gasteiger partial charge on any atom is -0.497 e. The van der Waals surface area contributed by atoms with Crippen LogP contribution in [0.25, 0.3) is 0 Å². The quantitative estimate of drug-likeness (QED) is 0.467. The van der Waals surface area contributed by atoms with Crippen LogP contribution in [-0.2, 0) is 14.8 Å². The molecule has 0 aromatic heterocycles. The summed E-state index contributed by atoms with van der Waals surface area (Å²) in [7, 11) is 1.50. The van der Waals surface area contributed by atoms with Crippen LogP contribution in [0.1, 0.15) is 36.8 Å². The van der Waals surface area contributed by atoms with Gasteiger partial charge in [0, 0.05) is 37.9 Å². The van der Waals surface area contributed by atoms with E-state index in [-0.39, 0.29) is 23.8 Å². The van der Waals surface area contributed by atoms with Gasteiger partial charge in [0.15, 0.2) is 0 Å². The first-order chi connectivity index (χ1) is 17.1. The summed E-state index contributed by atoms with van der Waals surface area (Å²) in [5.74, 6) is 1.17. The lowest BCUT2D eigenvalue weighted by Crippen LogP contribution is -2.31. The van der Waals surface area contributed by atoms with E-state index in [1.807, 2.05) is 24.3 Å². The Morgan fingerprint density at radius 3 is 2.25 bits per heavy atom. The summed E-state index contributed by atoms with van der Waals surface area (Å²) in [6.07, 6.45) is 3.75. The molecule has 2 N–H and O–H groups in total. The molecule has 0 aliphatic carbocycles. The Balaban J connectivity index is 1.46. The van der Waals surface area contributed by atoms with Crippen molar-refractivity contribution in [3.05, 3.63) is 47.5 Å². The highest BCUT2D eigenvalue weighted by atomic mass is 32.2. The highest BCUT2D eigenvalue weighted by Crippen LogP contribution is 2.28. The Morgan fingerprint density at radius 1 is 1.08 bits per heavy atom. The van der Waals surface area contributed by atoms with Crippen molar-refractivity contribution in [2.45, 2.75) is 44.4 Å². The standard InChI is InChI=1S/C27H40N4O4S/c1-20-18-25(35-5)19-21(2)27(20)36(33,34)31(4)17-13-26(32)29-24-8-6-23(7-9-24)28-14-10-22-11-15-30(3)16-12-22/h6-9,18-19,22,28H,10-17H2,1-5H3,(H,29,32). The van der Waals surface area contributed by atoms with Crippen LogP contribution in [-0.4, -0.2) is 70.9 Å². The van der Waals surface area contributed by atoms with Crippen LogP contribution in [0.4, 0.5) is 11.4 Å². The number of sulfonamides is 1. The Kier molecular flexibility index (Phi) is 9.76. The van der Waals surface area contributed by atoms with Crippen LogP contribution in [0.3, 0.4) is 0 Å². The number of anilines is 2. The molecule has 0 spiro atoms. The Hall–Kier alpha value is -2.62. The van der Waals surface area contributed by atoms with Crippen molar-refractivity contribution < 1.29 is 17.9 Å². The molecule has 1 fully saturated rings. The fourth-order valence-electron chi connectivity index (χ4n) is 4.64. The topological polar surface area (TPSA) is 91.0 Å². The number of likely N-dealkylation sites (tertiary alicyclic amines) is 1. The van der Waals surface area contributed by atoms with E-state index >= 15 is 0 Å². The molecule has 3 rings (SSSR count). The van der Waals surface area contributed by atoms with Gasteiger partial charge in [0.2, 0.25) is 15.9 Å². The maximum absolute atomic E-state index is 13.1. The first-order valence-corrected chi connectivity index (χ1v) is 14.0. The first-order valence-electron chi connectivity index (χ1n) is 12.5. The molecule has 2 aromatic carbocycles. The molecule has 1 heterocycles. The summed E-state index contributed by atoms with van der Waals surface area (Å²) in [4.78, 5) is 15.1. The number of benzene rings is 2. The van der Waals surface area contributed by atoms with Crippen molar-refractivity contribution in [1.82, 2.24) is 9.21 Å². The average molecular weight is 517 g/mol. The van der Waals surface area contributed by atoms with Gasteiger partial charge in [0.1, 0.15) is 5.75 Å². The lowest BCUT2D eigenvalue weighted by atomic mass is 9.94. The lowest BCUT2D eigenvalue weighted by Gasteiger charge is -2.29. The number of piperidine rings is 1. The normalized spacial score (nSPS) is 15.2. The molecule has 0 bridgehead atoms. The van der Waals surface area contributed by atoms with Gasteiger partial charge in [-0.05, 0) is 107 Å². The monoisotopic (exact) mass is 516 g/mol. The summed E-state index contributed by atoms with van der Waals surface area (Å²) < 4.78 is 32.7. The molecule has 1 aliphatic heterocycles. The summed E-state index contributed by atoms with van der Waals surface area (Å²) in [6, 6.07) is 11.0. The second-order valence-corrected chi connectivity index (χ2v) is 11.7. The molecule has 0 saturated carbocycles. The fraction of sp³-hybridized carbons (Fsp3) is 0.519. The highest BCUT2D eigenvalue weighted by Gasteiger charge is 2.26. The van der Waals surface area contributed by atoms with Crippen LogP contribution in [0.2, 0.25) is 0 Å². The number of ether oxygens (including phenoxy) is 1. The number of hydrogen-bond acceptors (Lipinski definition) is 6. The van der Waals surface area contributed by atoms with Crippen molar-refractivity contribution in [1.29, 1.82) is 0 Å². The largest absolute Gasteiger partial charge is 0.497 e.